The fraction of sp³-hybridized carbons (Fsp3) is 0.739. The second-order valence-electron chi connectivity index (χ2n) is 8.62. The molecule has 3 aliphatic heterocycles. The maximum Gasteiger partial charge on any atom is 0.311 e. The Hall–Kier alpha value is -1.86. The van der Waals surface area contributed by atoms with Crippen molar-refractivity contribution in [3.05, 3.63) is 28.3 Å². The monoisotopic (exact) mass is 418 g/mol. The molecule has 168 valence electrons. The van der Waals surface area contributed by atoms with Gasteiger partial charge in [0.05, 0.1) is 12.0 Å². The van der Waals surface area contributed by atoms with E-state index in [9.17, 15) is 10.1 Å². The first-order valence-corrected chi connectivity index (χ1v) is 11.6. The van der Waals surface area contributed by atoms with Crippen molar-refractivity contribution in [2.75, 3.05) is 51.8 Å². The number of ether oxygens (including phenoxy) is 1. The predicted octanol–water partition coefficient (Wildman–Crippen LogP) is 4.16. The van der Waals surface area contributed by atoms with E-state index < -0.39 is 0 Å². The number of hydrogen-bond acceptors (Lipinski definition) is 6. The number of anilines is 1. The van der Waals surface area contributed by atoms with E-state index in [1.807, 2.05) is 19.9 Å². The van der Waals surface area contributed by atoms with Crippen LogP contribution in [0.1, 0.15) is 52.4 Å². The van der Waals surface area contributed by atoms with Crippen LogP contribution in [0.25, 0.3) is 0 Å². The normalized spacial score (nSPS) is 22.6. The molecule has 30 heavy (non-hydrogen) atoms. The third-order valence-electron chi connectivity index (χ3n) is 7.38. The minimum absolute atomic E-state index is 0.0280. The summed E-state index contributed by atoms with van der Waals surface area (Å²) in [4.78, 5) is 18.4. The summed E-state index contributed by atoms with van der Waals surface area (Å²) in [6.45, 7) is 9.69. The van der Waals surface area contributed by atoms with Crippen molar-refractivity contribution in [1.82, 2.24) is 9.80 Å². The van der Waals surface area contributed by atoms with Crippen LogP contribution in [0.3, 0.4) is 0 Å². The molecule has 0 atom stereocenters. The van der Waals surface area contributed by atoms with Gasteiger partial charge in [-0.3, -0.25) is 10.1 Å². The molecule has 1 spiro atoms. The van der Waals surface area contributed by atoms with Gasteiger partial charge in [0.1, 0.15) is 0 Å². The summed E-state index contributed by atoms with van der Waals surface area (Å²) in [5.74, 6) is 0.339. The van der Waals surface area contributed by atoms with Gasteiger partial charge in [-0.05, 0) is 58.2 Å². The maximum atomic E-state index is 11.1. The van der Waals surface area contributed by atoms with Crippen LogP contribution in [0.5, 0.6) is 5.75 Å². The van der Waals surface area contributed by atoms with Crippen LogP contribution >= 0.6 is 0 Å². The molecule has 3 saturated heterocycles. The summed E-state index contributed by atoms with van der Waals surface area (Å²) in [7, 11) is 3.79. The van der Waals surface area contributed by atoms with Crippen molar-refractivity contribution in [3.8, 4) is 5.75 Å². The SMILES string of the molecule is CC.COc1cc(N2CCC(N3CCC4(CCCN4C)CC3)CC2)ccc1[N+](=O)[O-]. The highest BCUT2D eigenvalue weighted by Crippen LogP contribution is 2.39. The largest absolute Gasteiger partial charge is 0.490 e. The van der Waals surface area contributed by atoms with E-state index in [0.29, 0.717) is 17.3 Å². The first-order valence-electron chi connectivity index (χ1n) is 11.6. The van der Waals surface area contributed by atoms with Crippen LogP contribution in [-0.2, 0) is 0 Å². The lowest BCUT2D eigenvalue weighted by Crippen LogP contribution is -2.54. The fourth-order valence-electron chi connectivity index (χ4n) is 5.51. The van der Waals surface area contributed by atoms with Crippen LogP contribution in [0.15, 0.2) is 18.2 Å². The second-order valence-corrected chi connectivity index (χ2v) is 8.62. The number of nitrogens with zero attached hydrogens (tertiary/aromatic N) is 4. The molecule has 1 aromatic carbocycles. The topological polar surface area (TPSA) is 62.1 Å². The van der Waals surface area contributed by atoms with Crippen LogP contribution in [-0.4, -0.2) is 73.2 Å². The molecular formula is C23H38N4O3. The number of likely N-dealkylation sites (tertiary alicyclic amines) is 2. The lowest BCUT2D eigenvalue weighted by atomic mass is 9.84. The Morgan fingerprint density at radius 3 is 2.27 bits per heavy atom. The minimum Gasteiger partial charge on any atom is -0.490 e. The molecule has 0 aromatic heterocycles. The molecule has 1 aromatic rings. The van der Waals surface area contributed by atoms with Gasteiger partial charge in [-0.2, -0.15) is 0 Å². The molecule has 0 N–H and O–H groups in total. The van der Waals surface area contributed by atoms with Crippen molar-refractivity contribution >= 4 is 11.4 Å². The van der Waals surface area contributed by atoms with E-state index in [2.05, 4.69) is 21.7 Å². The molecule has 3 aliphatic rings. The third-order valence-corrected chi connectivity index (χ3v) is 7.38. The van der Waals surface area contributed by atoms with E-state index >= 15 is 0 Å². The zero-order valence-corrected chi connectivity index (χ0v) is 19.1. The maximum absolute atomic E-state index is 11.1. The van der Waals surface area contributed by atoms with Crippen LogP contribution < -0.4 is 9.64 Å². The van der Waals surface area contributed by atoms with Gasteiger partial charge < -0.3 is 19.4 Å². The fourth-order valence-corrected chi connectivity index (χ4v) is 5.51. The lowest BCUT2D eigenvalue weighted by Gasteiger charge is -2.47. The molecule has 0 radical (unpaired) electrons. The Bertz CT molecular complexity index is 710. The molecular weight excluding hydrogens is 380 g/mol. The van der Waals surface area contributed by atoms with Gasteiger partial charge in [0, 0.05) is 55.6 Å². The predicted molar refractivity (Wildman–Crippen MR) is 122 cm³/mol. The first kappa shape index (κ1) is 22.8. The molecule has 0 saturated carbocycles. The van der Waals surface area contributed by atoms with Gasteiger partial charge in [0.2, 0.25) is 0 Å². The number of benzene rings is 1. The Kier molecular flexibility index (Phi) is 7.58. The van der Waals surface area contributed by atoms with Gasteiger partial charge in [-0.25, -0.2) is 0 Å². The molecule has 0 unspecified atom stereocenters. The molecule has 4 rings (SSSR count). The number of nitro groups is 1. The zero-order chi connectivity index (χ0) is 21.7. The van der Waals surface area contributed by atoms with Gasteiger partial charge in [-0.15, -0.1) is 0 Å². The molecule has 7 nitrogen and oxygen atoms in total. The van der Waals surface area contributed by atoms with E-state index in [0.717, 1.165) is 31.6 Å². The smallest absolute Gasteiger partial charge is 0.311 e. The molecule has 0 amide bonds. The van der Waals surface area contributed by atoms with Crippen molar-refractivity contribution in [2.24, 2.45) is 0 Å². The highest BCUT2D eigenvalue weighted by molar-refractivity contribution is 5.59. The Labute approximate surface area is 181 Å². The van der Waals surface area contributed by atoms with Crippen molar-refractivity contribution < 1.29 is 9.66 Å². The van der Waals surface area contributed by atoms with Crippen LogP contribution in [0.4, 0.5) is 11.4 Å². The van der Waals surface area contributed by atoms with Gasteiger partial charge in [-0.1, -0.05) is 13.8 Å². The van der Waals surface area contributed by atoms with E-state index in [1.54, 1.807) is 12.1 Å². The lowest BCUT2D eigenvalue weighted by molar-refractivity contribution is -0.385. The molecule has 7 heteroatoms. The molecule has 3 heterocycles. The zero-order valence-electron chi connectivity index (χ0n) is 19.1. The van der Waals surface area contributed by atoms with E-state index in [4.69, 9.17) is 4.74 Å². The number of hydrogen-bond donors (Lipinski definition) is 0. The van der Waals surface area contributed by atoms with E-state index in [-0.39, 0.29) is 10.6 Å². The van der Waals surface area contributed by atoms with Crippen molar-refractivity contribution in [3.63, 3.8) is 0 Å². The van der Waals surface area contributed by atoms with Gasteiger partial charge in [0.25, 0.3) is 0 Å². The minimum atomic E-state index is -0.389. The molecule has 3 fully saturated rings. The highest BCUT2D eigenvalue weighted by Gasteiger charge is 2.42. The summed E-state index contributed by atoms with van der Waals surface area (Å²) in [6.07, 6.45) is 7.65. The average Bonchev–Trinajstić information content (AvgIpc) is 3.14. The number of piperidine rings is 2. The van der Waals surface area contributed by atoms with Gasteiger partial charge >= 0.3 is 5.69 Å². The van der Waals surface area contributed by atoms with Crippen LogP contribution in [0, 0.1) is 10.1 Å². The Balaban J connectivity index is 0.00000124. The molecule has 0 bridgehead atoms. The Morgan fingerprint density at radius 2 is 1.73 bits per heavy atom. The number of methoxy groups -OCH3 is 1. The van der Waals surface area contributed by atoms with Crippen molar-refractivity contribution in [2.45, 2.75) is 64.0 Å². The second kappa shape index (κ2) is 9.96. The van der Waals surface area contributed by atoms with Crippen LogP contribution in [0.2, 0.25) is 0 Å². The molecule has 0 aliphatic carbocycles. The quantitative estimate of drug-likeness (QED) is 0.540. The summed E-state index contributed by atoms with van der Waals surface area (Å²) in [6, 6.07) is 5.88. The number of nitro benzene ring substituents is 1. The average molecular weight is 419 g/mol. The van der Waals surface area contributed by atoms with Crippen molar-refractivity contribution in [1.29, 1.82) is 0 Å². The van der Waals surface area contributed by atoms with E-state index in [1.165, 1.54) is 52.4 Å². The summed E-state index contributed by atoms with van der Waals surface area (Å²) in [5, 5.41) is 11.1. The summed E-state index contributed by atoms with van der Waals surface area (Å²) < 4.78 is 5.23. The standard InChI is InChI=1S/C21H32N4O3.C2H6/c1-22-11-3-8-21(22)9-14-24(15-10-21)17-6-12-23(13-7-17)18-4-5-19(25(26)27)20(16-18)28-2;1-2/h4-5,16-17H,3,6-15H2,1-2H3;1-2H3. The summed E-state index contributed by atoms with van der Waals surface area (Å²) >= 11 is 0. The number of rotatable bonds is 4. The Morgan fingerprint density at radius 1 is 1.07 bits per heavy atom. The summed E-state index contributed by atoms with van der Waals surface area (Å²) in [5.41, 5.74) is 1.53. The van der Waals surface area contributed by atoms with Gasteiger partial charge in [0.15, 0.2) is 5.75 Å². The third kappa shape index (κ3) is 4.57. The highest BCUT2D eigenvalue weighted by atomic mass is 16.6. The first-order chi connectivity index (χ1) is 14.5.